The van der Waals surface area contributed by atoms with Gasteiger partial charge in [0.1, 0.15) is 18.7 Å². The quantitative estimate of drug-likeness (QED) is 0.508. The molecule has 0 aliphatic rings. The van der Waals surface area contributed by atoms with E-state index >= 15 is 0 Å². The monoisotopic (exact) mass is 127 g/mol. The van der Waals surface area contributed by atoms with Crippen molar-refractivity contribution >= 4 is 11.7 Å². The Kier molecular flexibility index (Phi) is 1.58. The van der Waals surface area contributed by atoms with Gasteiger partial charge in [-0.2, -0.15) is 0 Å². The second kappa shape index (κ2) is 2.42. The van der Waals surface area contributed by atoms with Crippen molar-refractivity contribution in [1.82, 2.24) is 9.97 Å². The second-order valence-electron chi connectivity index (χ2n) is 1.16. The first kappa shape index (κ1) is 5.24. The Hall–Kier alpha value is -0.900. The zero-order chi connectivity index (χ0) is 5.82. The Morgan fingerprint density at radius 3 is 2.38 bits per heavy atom. The van der Waals surface area contributed by atoms with Crippen LogP contribution in [0.2, 0.25) is 0 Å². The summed E-state index contributed by atoms with van der Waals surface area (Å²) < 4.78 is 9.97. The SMILES string of the molecule is O=[S+]c1cncnc1. The van der Waals surface area contributed by atoms with Gasteiger partial charge in [0.15, 0.2) is 0 Å². The van der Waals surface area contributed by atoms with Crippen molar-refractivity contribution in [1.29, 1.82) is 0 Å². The van der Waals surface area contributed by atoms with Crippen LogP contribution in [-0.4, -0.2) is 9.97 Å². The summed E-state index contributed by atoms with van der Waals surface area (Å²) in [4.78, 5) is 7.80. The molecule has 3 nitrogen and oxygen atoms in total. The highest BCUT2D eigenvalue weighted by Crippen LogP contribution is 1.88. The van der Waals surface area contributed by atoms with Crippen LogP contribution in [-0.2, 0) is 15.9 Å². The maximum atomic E-state index is 9.97. The van der Waals surface area contributed by atoms with E-state index in [1.54, 1.807) is 0 Å². The van der Waals surface area contributed by atoms with Crippen molar-refractivity contribution < 1.29 is 4.21 Å². The fourth-order valence-electron chi connectivity index (χ4n) is 0.328. The molecule has 0 aromatic carbocycles. The van der Waals surface area contributed by atoms with Crippen molar-refractivity contribution in [3.05, 3.63) is 18.7 Å². The second-order valence-corrected chi connectivity index (χ2v) is 1.80. The summed E-state index contributed by atoms with van der Waals surface area (Å²) >= 11 is 0.394. The average molecular weight is 127 g/mol. The summed E-state index contributed by atoms with van der Waals surface area (Å²) in [5.41, 5.74) is 0. The van der Waals surface area contributed by atoms with Gasteiger partial charge in [-0.3, -0.25) is 0 Å². The Morgan fingerprint density at radius 1 is 1.38 bits per heavy atom. The lowest BCUT2D eigenvalue weighted by Gasteiger charge is -1.70. The van der Waals surface area contributed by atoms with E-state index in [0.29, 0.717) is 16.6 Å². The van der Waals surface area contributed by atoms with E-state index in [-0.39, 0.29) is 0 Å². The topological polar surface area (TPSA) is 42.9 Å². The smallest absolute Gasteiger partial charge is 0.239 e. The van der Waals surface area contributed by atoms with Crippen LogP contribution in [0.25, 0.3) is 0 Å². The van der Waals surface area contributed by atoms with Crippen LogP contribution in [0.15, 0.2) is 23.6 Å². The van der Waals surface area contributed by atoms with Crippen LogP contribution in [0.3, 0.4) is 0 Å². The van der Waals surface area contributed by atoms with Crippen molar-refractivity contribution in [2.24, 2.45) is 0 Å². The summed E-state index contributed by atoms with van der Waals surface area (Å²) in [5.74, 6) is 0. The van der Waals surface area contributed by atoms with Crippen LogP contribution in [0.5, 0.6) is 0 Å². The minimum absolute atomic E-state index is 0.394. The first-order chi connectivity index (χ1) is 3.93. The van der Waals surface area contributed by atoms with Crippen LogP contribution in [0, 0.1) is 0 Å². The lowest BCUT2D eigenvalue weighted by Crippen LogP contribution is -1.77. The molecule has 1 aromatic rings. The Bertz CT molecular complexity index is 177. The fraction of sp³-hybridized carbons (Fsp3) is 0. The third-order valence-electron chi connectivity index (χ3n) is 0.633. The van der Waals surface area contributed by atoms with Gasteiger partial charge < -0.3 is 0 Å². The fourth-order valence-corrected chi connectivity index (χ4v) is 0.536. The Morgan fingerprint density at radius 2 is 2.00 bits per heavy atom. The molecule has 40 valence electrons. The first-order valence-electron chi connectivity index (χ1n) is 1.98. The highest BCUT2D eigenvalue weighted by molar-refractivity contribution is 7.65. The molecule has 0 amide bonds. The van der Waals surface area contributed by atoms with Crippen molar-refractivity contribution in [3.63, 3.8) is 0 Å². The molecule has 0 spiro atoms. The maximum Gasteiger partial charge on any atom is 0.508 e. The molecule has 0 radical (unpaired) electrons. The van der Waals surface area contributed by atoms with Gasteiger partial charge in [-0.15, -0.1) is 0 Å². The number of aromatic nitrogens is 2. The zero-order valence-corrected chi connectivity index (χ0v) is 4.76. The third-order valence-corrected chi connectivity index (χ3v) is 1.04. The third kappa shape index (κ3) is 1.04. The molecule has 1 heterocycles. The lowest BCUT2D eigenvalue weighted by molar-refractivity contribution is 0.604. The molecule has 0 fully saturated rings. The molecule has 0 saturated carbocycles. The van der Waals surface area contributed by atoms with Crippen molar-refractivity contribution in [2.45, 2.75) is 4.90 Å². The van der Waals surface area contributed by atoms with Gasteiger partial charge in [0.05, 0.1) is 0 Å². The molecule has 1 aromatic heterocycles. The maximum absolute atomic E-state index is 9.97. The molecule has 0 saturated heterocycles. The minimum Gasteiger partial charge on any atom is -0.239 e. The Balaban J connectivity index is 2.99. The van der Waals surface area contributed by atoms with E-state index in [1.807, 2.05) is 0 Å². The summed E-state index contributed by atoms with van der Waals surface area (Å²) in [5, 5.41) is 0. The average Bonchev–Trinajstić information content (AvgIpc) is 1.90. The molecule has 0 N–H and O–H groups in total. The van der Waals surface area contributed by atoms with E-state index in [4.69, 9.17) is 0 Å². The van der Waals surface area contributed by atoms with Crippen molar-refractivity contribution in [3.8, 4) is 0 Å². The molecule has 8 heavy (non-hydrogen) atoms. The largest absolute Gasteiger partial charge is 0.508 e. The summed E-state index contributed by atoms with van der Waals surface area (Å²) in [6, 6.07) is 0. The zero-order valence-electron chi connectivity index (χ0n) is 3.94. The van der Waals surface area contributed by atoms with E-state index in [2.05, 4.69) is 9.97 Å². The van der Waals surface area contributed by atoms with Gasteiger partial charge in [-0.25, -0.2) is 9.97 Å². The van der Waals surface area contributed by atoms with E-state index < -0.39 is 0 Å². The molecule has 1 rings (SSSR count). The van der Waals surface area contributed by atoms with Gasteiger partial charge in [0.25, 0.3) is 0 Å². The molecule has 0 atom stereocenters. The van der Waals surface area contributed by atoms with Crippen molar-refractivity contribution in [2.75, 3.05) is 0 Å². The lowest BCUT2D eigenvalue weighted by atomic mass is 10.7. The van der Waals surface area contributed by atoms with Crippen LogP contribution in [0.4, 0.5) is 0 Å². The molecule has 0 aliphatic heterocycles. The van der Waals surface area contributed by atoms with E-state index in [0.717, 1.165) is 0 Å². The van der Waals surface area contributed by atoms with E-state index in [9.17, 15) is 4.21 Å². The molecule has 0 unspecified atom stereocenters. The standard InChI is InChI=1S/C4H3N2OS/c7-8-4-1-5-3-6-2-4/h1-3H/q+1. The number of hydrogen-bond donors (Lipinski definition) is 0. The predicted octanol–water partition coefficient (Wildman–Crippen LogP) is 0.264. The van der Waals surface area contributed by atoms with Gasteiger partial charge in [0.2, 0.25) is 0 Å². The van der Waals surface area contributed by atoms with Gasteiger partial charge in [-0.05, 0) is 0 Å². The summed E-state index contributed by atoms with van der Waals surface area (Å²) in [7, 11) is 0. The van der Waals surface area contributed by atoms with Crippen LogP contribution < -0.4 is 0 Å². The normalized spacial score (nSPS) is 8.50. The minimum atomic E-state index is 0.394. The Labute approximate surface area is 50.3 Å². The van der Waals surface area contributed by atoms with E-state index in [1.165, 1.54) is 18.7 Å². The van der Waals surface area contributed by atoms with Gasteiger partial charge >= 0.3 is 16.6 Å². The summed E-state index contributed by atoms with van der Waals surface area (Å²) in [6.07, 6.45) is 4.34. The number of nitrogens with zero attached hydrogens (tertiary/aromatic N) is 2. The predicted molar refractivity (Wildman–Crippen MR) is 28.3 cm³/mol. The van der Waals surface area contributed by atoms with Crippen LogP contribution in [0.1, 0.15) is 0 Å². The molecule has 0 bridgehead atoms. The highest BCUT2D eigenvalue weighted by atomic mass is 32.1. The van der Waals surface area contributed by atoms with Gasteiger partial charge in [-0.1, -0.05) is 0 Å². The summed E-state index contributed by atoms with van der Waals surface area (Å²) in [6.45, 7) is 0. The molecular weight excluding hydrogens is 124 g/mol. The number of hydrogen-bond acceptors (Lipinski definition) is 3. The highest BCUT2D eigenvalue weighted by Gasteiger charge is 2.02. The van der Waals surface area contributed by atoms with Crippen LogP contribution >= 0.6 is 0 Å². The number of rotatable bonds is 1. The molecule has 0 aliphatic carbocycles. The van der Waals surface area contributed by atoms with Gasteiger partial charge in [0, 0.05) is 4.21 Å². The molecule has 4 heteroatoms. The molecular formula is C4H3N2OS+. The first-order valence-corrected chi connectivity index (χ1v) is 2.72.